The minimum absolute atomic E-state index is 0. The maximum Gasteiger partial charge on any atom is 0.127 e. The van der Waals surface area contributed by atoms with Gasteiger partial charge in [-0.1, -0.05) is 6.07 Å². The van der Waals surface area contributed by atoms with Crippen molar-refractivity contribution in [3.05, 3.63) is 23.8 Å². The minimum atomic E-state index is -0.0916. The van der Waals surface area contributed by atoms with Gasteiger partial charge in [0.25, 0.3) is 0 Å². The van der Waals surface area contributed by atoms with Crippen molar-refractivity contribution in [1.82, 2.24) is 0 Å². The van der Waals surface area contributed by atoms with Crippen LogP contribution in [0.5, 0.6) is 11.5 Å². The monoisotopic (exact) mass is 217 g/mol. The topological polar surface area (TPSA) is 44.5 Å². The standard InChI is InChI=1S/C10H15NO2.ClH/c1-7(11)10-8(12-2)5-4-6-9(10)13-3;/h4-7H,11H2,1-3H3;1H/t7-;/m0./s1. The van der Waals surface area contributed by atoms with E-state index in [4.69, 9.17) is 15.2 Å². The fraction of sp³-hybridized carbons (Fsp3) is 0.400. The average molecular weight is 218 g/mol. The lowest BCUT2D eigenvalue weighted by Gasteiger charge is -2.15. The summed E-state index contributed by atoms with van der Waals surface area (Å²) in [5.74, 6) is 1.55. The van der Waals surface area contributed by atoms with Crippen LogP contribution in [0, 0.1) is 0 Å². The first-order valence-corrected chi connectivity index (χ1v) is 4.17. The van der Waals surface area contributed by atoms with Gasteiger partial charge in [-0.05, 0) is 19.1 Å². The Morgan fingerprint density at radius 3 is 1.86 bits per heavy atom. The fourth-order valence-corrected chi connectivity index (χ4v) is 1.33. The number of hydrogen-bond donors (Lipinski definition) is 1. The normalized spacial score (nSPS) is 11.4. The van der Waals surface area contributed by atoms with Gasteiger partial charge in [-0.2, -0.15) is 0 Å². The highest BCUT2D eigenvalue weighted by Crippen LogP contribution is 2.32. The van der Waals surface area contributed by atoms with E-state index in [-0.39, 0.29) is 18.4 Å². The van der Waals surface area contributed by atoms with E-state index in [0.717, 1.165) is 17.1 Å². The molecule has 1 atom stereocenters. The molecule has 80 valence electrons. The van der Waals surface area contributed by atoms with Gasteiger partial charge in [0, 0.05) is 6.04 Å². The molecule has 0 fully saturated rings. The van der Waals surface area contributed by atoms with Gasteiger partial charge < -0.3 is 15.2 Å². The summed E-state index contributed by atoms with van der Waals surface area (Å²) < 4.78 is 10.4. The number of rotatable bonds is 3. The van der Waals surface area contributed by atoms with E-state index in [1.54, 1.807) is 14.2 Å². The van der Waals surface area contributed by atoms with Crippen LogP contribution in [0.3, 0.4) is 0 Å². The van der Waals surface area contributed by atoms with Crippen LogP contribution in [0.15, 0.2) is 18.2 Å². The van der Waals surface area contributed by atoms with Gasteiger partial charge in [0.2, 0.25) is 0 Å². The first-order valence-electron chi connectivity index (χ1n) is 4.17. The van der Waals surface area contributed by atoms with Gasteiger partial charge in [-0.15, -0.1) is 12.4 Å². The highest BCUT2D eigenvalue weighted by Gasteiger charge is 2.12. The highest BCUT2D eigenvalue weighted by molar-refractivity contribution is 5.85. The molecule has 0 aromatic heterocycles. The minimum Gasteiger partial charge on any atom is -0.496 e. The largest absolute Gasteiger partial charge is 0.496 e. The summed E-state index contributed by atoms with van der Waals surface area (Å²) in [6.45, 7) is 1.90. The molecule has 2 N–H and O–H groups in total. The van der Waals surface area contributed by atoms with E-state index in [1.807, 2.05) is 25.1 Å². The molecule has 3 nitrogen and oxygen atoms in total. The van der Waals surface area contributed by atoms with E-state index in [1.165, 1.54) is 0 Å². The van der Waals surface area contributed by atoms with Gasteiger partial charge in [0.05, 0.1) is 19.8 Å². The second-order valence-electron chi connectivity index (χ2n) is 2.86. The lowest BCUT2D eigenvalue weighted by atomic mass is 10.1. The molecule has 14 heavy (non-hydrogen) atoms. The van der Waals surface area contributed by atoms with Crippen molar-refractivity contribution in [3.63, 3.8) is 0 Å². The Morgan fingerprint density at radius 1 is 1.14 bits per heavy atom. The molecule has 0 saturated heterocycles. The van der Waals surface area contributed by atoms with Gasteiger partial charge in [-0.3, -0.25) is 0 Å². The molecule has 0 aliphatic rings. The number of hydrogen-bond acceptors (Lipinski definition) is 3. The molecule has 4 heteroatoms. The molecule has 0 amide bonds. The zero-order chi connectivity index (χ0) is 9.84. The maximum atomic E-state index is 5.81. The third-order valence-corrected chi connectivity index (χ3v) is 1.92. The summed E-state index contributed by atoms with van der Waals surface area (Å²) in [5.41, 5.74) is 6.72. The number of benzene rings is 1. The zero-order valence-electron chi connectivity index (χ0n) is 8.61. The summed E-state index contributed by atoms with van der Waals surface area (Å²) in [7, 11) is 3.25. The van der Waals surface area contributed by atoms with Crippen LogP contribution < -0.4 is 15.2 Å². The summed E-state index contributed by atoms with van der Waals surface area (Å²) in [6.07, 6.45) is 0. The molecular weight excluding hydrogens is 202 g/mol. The molecule has 0 aliphatic heterocycles. The van der Waals surface area contributed by atoms with Gasteiger partial charge in [-0.25, -0.2) is 0 Å². The van der Waals surface area contributed by atoms with Gasteiger partial charge in [0.1, 0.15) is 11.5 Å². The Hall–Kier alpha value is -0.930. The number of ether oxygens (including phenoxy) is 2. The summed E-state index contributed by atoms with van der Waals surface area (Å²) in [5, 5.41) is 0. The van der Waals surface area contributed by atoms with Crippen LogP contribution in [0.25, 0.3) is 0 Å². The van der Waals surface area contributed by atoms with Crippen LogP contribution in [0.4, 0.5) is 0 Å². The second kappa shape index (κ2) is 5.73. The molecule has 0 unspecified atom stereocenters. The van der Waals surface area contributed by atoms with Crippen LogP contribution >= 0.6 is 12.4 Å². The summed E-state index contributed by atoms with van der Waals surface area (Å²) in [6, 6.07) is 5.54. The third kappa shape index (κ3) is 2.53. The van der Waals surface area contributed by atoms with Crippen LogP contribution in [-0.2, 0) is 0 Å². The van der Waals surface area contributed by atoms with Crippen molar-refractivity contribution < 1.29 is 9.47 Å². The Morgan fingerprint density at radius 2 is 1.57 bits per heavy atom. The van der Waals surface area contributed by atoms with Crippen molar-refractivity contribution in [3.8, 4) is 11.5 Å². The molecule has 0 heterocycles. The van der Waals surface area contributed by atoms with Crippen molar-refractivity contribution in [1.29, 1.82) is 0 Å². The van der Waals surface area contributed by atoms with Crippen molar-refractivity contribution in [2.45, 2.75) is 13.0 Å². The van der Waals surface area contributed by atoms with E-state index in [2.05, 4.69) is 0 Å². The first-order chi connectivity index (χ1) is 6.20. The molecule has 0 spiro atoms. The fourth-order valence-electron chi connectivity index (χ4n) is 1.33. The lowest BCUT2D eigenvalue weighted by molar-refractivity contribution is 0.381. The molecule has 0 aliphatic carbocycles. The third-order valence-electron chi connectivity index (χ3n) is 1.92. The predicted molar refractivity (Wildman–Crippen MR) is 59.4 cm³/mol. The number of methoxy groups -OCH3 is 2. The van der Waals surface area contributed by atoms with E-state index in [9.17, 15) is 0 Å². The quantitative estimate of drug-likeness (QED) is 0.844. The maximum absolute atomic E-state index is 5.81. The summed E-state index contributed by atoms with van der Waals surface area (Å²) in [4.78, 5) is 0. The number of nitrogens with two attached hydrogens (primary N) is 1. The van der Waals surface area contributed by atoms with Crippen LogP contribution in [0.2, 0.25) is 0 Å². The van der Waals surface area contributed by atoms with Gasteiger partial charge in [0.15, 0.2) is 0 Å². The Kier molecular flexibility index (Phi) is 5.35. The molecule has 0 saturated carbocycles. The first kappa shape index (κ1) is 13.1. The average Bonchev–Trinajstić information content (AvgIpc) is 2.16. The molecule has 1 aromatic carbocycles. The summed E-state index contributed by atoms with van der Waals surface area (Å²) >= 11 is 0. The van der Waals surface area contributed by atoms with E-state index >= 15 is 0 Å². The van der Waals surface area contributed by atoms with E-state index in [0.29, 0.717) is 0 Å². The van der Waals surface area contributed by atoms with Crippen molar-refractivity contribution in [2.24, 2.45) is 5.73 Å². The molecule has 1 aromatic rings. The second-order valence-corrected chi connectivity index (χ2v) is 2.86. The lowest BCUT2D eigenvalue weighted by Crippen LogP contribution is -2.08. The SMILES string of the molecule is COc1cccc(OC)c1[C@H](C)N.Cl. The van der Waals surface area contributed by atoms with Gasteiger partial charge >= 0.3 is 0 Å². The number of halogens is 1. The molecular formula is C10H16ClNO2. The Bertz CT molecular complexity index is 267. The highest BCUT2D eigenvalue weighted by atomic mass is 35.5. The molecule has 0 bridgehead atoms. The smallest absolute Gasteiger partial charge is 0.127 e. The molecule has 1 rings (SSSR count). The van der Waals surface area contributed by atoms with Crippen LogP contribution in [-0.4, -0.2) is 14.2 Å². The van der Waals surface area contributed by atoms with E-state index < -0.39 is 0 Å². The Labute approximate surface area is 90.6 Å². The Balaban J connectivity index is 0.00000169. The predicted octanol–water partition coefficient (Wildman–Crippen LogP) is 2.15. The van der Waals surface area contributed by atoms with Crippen LogP contribution in [0.1, 0.15) is 18.5 Å². The van der Waals surface area contributed by atoms with Crippen molar-refractivity contribution >= 4 is 12.4 Å². The molecule has 0 radical (unpaired) electrons. The zero-order valence-corrected chi connectivity index (χ0v) is 9.43. The van der Waals surface area contributed by atoms with Crippen molar-refractivity contribution in [2.75, 3.05) is 14.2 Å².